The van der Waals surface area contributed by atoms with Crippen molar-refractivity contribution in [3.63, 3.8) is 0 Å². The highest BCUT2D eigenvalue weighted by atomic mass is 32.2. The van der Waals surface area contributed by atoms with Gasteiger partial charge < -0.3 is 4.74 Å². The second-order valence-electron chi connectivity index (χ2n) is 3.79. The smallest absolute Gasteiger partial charge is 0.326 e. The summed E-state index contributed by atoms with van der Waals surface area (Å²) in [5, 5.41) is -1.32. The average molecular weight is 270 g/mol. The van der Waals surface area contributed by atoms with Crippen molar-refractivity contribution in [3.05, 3.63) is 36.2 Å². The number of anilines is 1. The lowest BCUT2D eigenvalue weighted by Crippen LogP contribution is -2.35. The molecule has 0 amide bonds. The van der Waals surface area contributed by atoms with E-state index in [1.165, 1.54) is 13.3 Å². The fourth-order valence-electron chi connectivity index (χ4n) is 1.41. The van der Waals surface area contributed by atoms with E-state index in [-0.39, 0.29) is 0 Å². The van der Waals surface area contributed by atoms with Gasteiger partial charge >= 0.3 is 5.97 Å². The number of methoxy groups -OCH3 is 1. The molecule has 0 fully saturated rings. The molecule has 0 heterocycles. The highest BCUT2D eigenvalue weighted by Crippen LogP contribution is 2.15. The summed E-state index contributed by atoms with van der Waals surface area (Å²) in [6.45, 7) is 3.39. The van der Waals surface area contributed by atoms with Crippen molar-refractivity contribution >= 4 is 21.7 Å². The number of carbonyl (C=O) groups excluding carboxylic acids is 1. The molecule has 18 heavy (non-hydrogen) atoms. The van der Waals surface area contributed by atoms with Crippen LogP contribution in [-0.4, -0.2) is 26.7 Å². The van der Waals surface area contributed by atoms with E-state index in [1.807, 2.05) is 6.92 Å². The molecule has 1 N–H and O–H groups in total. The zero-order valence-electron chi connectivity index (χ0n) is 10.5. The third kappa shape index (κ3) is 3.46. The molecule has 1 aromatic carbocycles. The highest BCUT2D eigenvalue weighted by molar-refractivity contribution is 7.94. The second kappa shape index (κ2) is 5.86. The Labute approximate surface area is 107 Å². The minimum atomic E-state index is -3.83. The summed E-state index contributed by atoms with van der Waals surface area (Å²) in [5.41, 5.74) is 1.43. The van der Waals surface area contributed by atoms with Crippen molar-refractivity contribution in [1.82, 2.24) is 0 Å². The van der Waals surface area contributed by atoms with Gasteiger partial charge in [-0.1, -0.05) is 24.6 Å². The van der Waals surface area contributed by atoms with E-state index in [1.54, 1.807) is 24.3 Å². The molecule has 0 saturated heterocycles. The Morgan fingerprint density at radius 2 is 1.89 bits per heavy atom. The molecule has 0 spiro atoms. The summed E-state index contributed by atoms with van der Waals surface area (Å²) in [6.07, 6.45) is 1.28. The first-order valence-electron chi connectivity index (χ1n) is 5.36. The van der Waals surface area contributed by atoms with Gasteiger partial charge in [-0.25, -0.2) is 8.42 Å². The van der Waals surface area contributed by atoms with Gasteiger partial charge in [-0.2, -0.15) is 0 Å². The Morgan fingerprint density at radius 1 is 1.33 bits per heavy atom. The number of ether oxygens (including phenoxy) is 1. The Bertz CT molecular complexity index is 507. The van der Waals surface area contributed by atoms with E-state index >= 15 is 0 Å². The molecular weight excluding hydrogens is 254 g/mol. The summed E-state index contributed by atoms with van der Waals surface area (Å²) in [4.78, 5) is 11.4. The van der Waals surface area contributed by atoms with Crippen LogP contribution in [0.1, 0.15) is 12.5 Å². The fourth-order valence-corrected chi connectivity index (χ4v) is 2.71. The van der Waals surface area contributed by atoms with Crippen molar-refractivity contribution in [1.29, 1.82) is 0 Å². The number of nitrogens with one attached hydrogen (secondary N) is 1. The quantitative estimate of drug-likeness (QED) is 0.823. The van der Waals surface area contributed by atoms with Crippen molar-refractivity contribution in [2.24, 2.45) is 0 Å². The average Bonchev–Trinajstić information content (AvgIpc) is 2.32. The van der Waals surface area contributed by atoms with Gasteiger partial charge in [0.1, 0.15) is 0 Å². The predicted octanol–water partition coefficient (Wildman–Crippen LogP) is 1.50. The molecule has 0 aromatic heterocycles. The van der Waals surface area contributed by atoms with Gasteiger partial charge in [0.05, 0.1) is 7.11 Å². The minimum absolute atomic E-state index is 0.413. The molecule has 1 radical (unpaired) electrons. The highest BCUT2D eigenvalue weighted by Gasteiger charge is 2.32. The summed E-state index contributed by atoms with van der Waals surface area (Å²) >= 11 is 0. The van der Waals surface area contributed by atoms with Crippen LogP contribution < -0.4 is 4.72 Å². The van der Waals surface area contributed by atoms with Crippen molar-refractivity contribution < 1.29 is 17.9 Å². The molecule has 0 aliphatic rings. The topological polar surface area (TPSA) is 72.5 Å². The van der Waals surface area contributed by atoms with E-state index < -0.39 is 21.2 Å². The molecule has 1 rings (SSSR count). The van der Waals surface area contributed by atoms with Crippen LogP contribution in [-0.2, 0) is 19.6 Å². The SMILES string of the molecule is C[CH][C@@H](C(=O)OC)S(=O)(=O)Nc1ccc(C)cc1. The standard InChI is InChI=1S/C12H16NO4S/c1-4-11(12(14)17-3)18(15,16)13-10-7-5-9(2)6-8-10/h4-8,11,13H,1-3H3/t11-/m0/s1. The molecule has 0 aliphatic heterocycles. The molecule has 6 heteroatoms. The van der Waals surface area contributed by atoms with Gasteiger partial charge in [-0.05, 0) is 25.5 Å². The van der Waals surface area contributed by atoms with Gasteiger partial charge in [0, 0.05) is 5.69 Å². The second-order valence-corrected chi connectivity index (χ2v) is 5.59. The maximum Gasteiger partial charge on any atom is 0.326 e. The van der Waals surface area contributed by atoms with Gasteiger partial charge in [0.15, 0.2) is 5.25 Å². The maximum atomic E-state index is 12.0. The summed E-state index contributed by atoms with van der Waals surface area (Å²) in [6, 6.07) is 6.83. The van der Waals surface area contributed by atoms with E-state index in [0.29, 0.717) is 5.69 Å². The maximum absolute atomic E-state index is 12.0. The summed E-state index contributed by atoms with van der Waals surface area (Å²) in [5.74, 6) is -0.808. The molecular formula is C12H16NO4S. The lowest BCUT2D eigenvalue weighted by Gasteiger charge is -2.15. The van der Waals surface area contributed by atoms with Crippen molar-refractivity contribution in [2.45, 2.75) is 19.1 Å². The first-order valence-corrected chi connectivity index (χ1v) is 6.91. The number of aryl methyl sites for hydroxylation is 1. The number of rotatable bonds is 5. The number of sulfonamides is 1. The normalized spacial score (nSPS) is 12.8. The van der Waals surface area contributed by atoms with E-state index in [4.69, 9.17) is 0 Å². The molecule has 0 aliphatic carbocycles. The Balaban J connectivity index is 2.93. The first-order chi connectivity index (χ1) is 8.40. The van der Waals surface area contributed by atoms with Crippen LogP contribution in [0, 0.1) is 13.3 Å². The van der Waals surface area contributed by atoms with Gasteiger partial charge in [-0.3, -0.25) is 9.52 Å². The molecule has 99 valence electrons. The summed E-state index contributed by atoms with van der Waals surface area (Å²) in [7, 11) is -2.68. The van der Waals surface area contributed by atoms with E-state index in [9.17, 15) is 13.2 Å². The Hall–Kier alpha value is -1.56. The van der Waals surface area contributed by atoms with Crippen molar-refractivity contribution in [3.8, 4) is 0 Å². The van der Waals surface area contributed by atoms with Gasteiger partial charge in [0.25, 0.3) is 0 Å². The predicted molar refractivity (Wildman–Crippen MR) is 69.5 cm³/mol. The van der Waals surface area contributed by atoms with Crippen LogP contribution in [0.4, 0.5) is 5.69 Å². The van der Waals surface area contributed by atoms with Crippen LogP contribution >= 0.6 is 0 Å². The molecule has 0 unspecified atom stereocenters. The number of hydrogen-bond acceptors (Lipinski definition) is 4. The van der Waals surface area contributed by atoms with Crippen LogP contribution in [0.2, 0.25) is 0 Å². The van der Waals surface area contributed by atoms with E-state index in [0.717, 1.165) is 12.7 Å². The lowest BCUT2D eigenvalue weighted by atomic mass is 10.2. The molecule has 0 saturated carbocycles. The van der Waals surface area contributed by atoms with Crippen molar-refractivity contribution in [2.75, 3.05) is 11.8 Å². The summed E-state index contributed by atoms with van der Waals surface area (Å²) < 4.78 is 30.8. The largest absolute Gasteiger partial charge is 0.468 e. The number of esters is 1. The molecule has 5 nitrogen and oxygen atoms in total. The molecule has 1 aromatic rings. The molecule has 1 atom stereocenters. The zero-order chi connectivity index (χ0) is 13.8. The van der Waals surface area contributed by atoms with E-state index in [2.05, 4.69) is 9.46 Å². The fraction of sp³-hybridized carbons (Fsp3) is 0.333. The lowest BCUT2D eigenvalue weighted by molar-refractivity contribution is -0.139. The Kier molecular flexibility index (Phi) is 4.72. The van der Waals surface area contributed by atoms with Crippen LogP contribution in [0.25, 0.3) is 0 Å². The minimum Gasteiger partial charge on any atom is -0.468 e. The first kappa shape index (κ1) is 14.5. The third-order valence-corrected chi connectivity index (χ3v) is 4.04. The molecule has 0 bridgehead atoms. The van der Waals surface area contributed by atoms with Crippen LogP contribution in [0.3, 0.4) is 0 Å². The zero-order valence-corrected chi connectivity index (χ0v) is 11.3. The van der Waals surface area contributed by atoms with Gasteiger partial charge in [0.2, 0.25) is 10.0 Å². The third-order valence-electron chi connectivity index (χ3n) is 2.38. The number of benzene rings is 1. The monoisotopic (exact) mass is 270 g/mol. The van der Waals surface area contributed by atoms with Crippen LogP contribution in [0.5, 0.6) is 0 Å². The number of hydrogen-bond donors (Lipinski definition) is 1. The number of carbonyl (C=O) groups is 1. The van der Waals surface area contributed by atoms with Gasteiger partial charge in [-0.15, -0.1) is 0 Å². The Morgan fingerprint density at radius 3 is 2.33 bits per heavy atom. The van der Waals surface area contributed by atoms with Crippen LogP contribution in [0.15, 0.2) is 24.3 Å².